The number of methoxy groups -OCH3 is 2. The highest BCUT2D eigenvalue weighted by molar-refractivity contribution is 9.10. The first kappa shape index (κ1) is 23.4. The average Bonchev–Trinajstić information content (AvgIpc) is 2.80. The fourth-order valence-electron chi connectivity index (χ4n) is 4.56. The van der Waals surface area contributed by atoms with E-state index in [4.69, 9.17) is 14.2 Å². The van der Waals surface area contributed by atoms with Gasteiger partial charge in [-0.1, -0.05) is 57.9 Å². The number of rotatable bonds is 7. The van der Waals surface area contributed by atoms with Gasteiger partial charge in [0, 0.05) is 4.47 Å². The lowest BCUT2D eigenvalue weighted by Crippen LogP contribution is -2.41. The summed E-state index contributed by atoms with van der Waals surface area (Å²) in [5.41, 5.74) is 2.96. The van der Waals surface area contributed by atoms with E-state index in [1.165, 1.54) is 12.7 Å². The van der Waals surface area contributed by atoms with Gasteiger partial charge >= 0.3 is 5.97 Å². The van der Waals surface area contributed by atoms with Crippen molar-refractivity contribution in [3.8, 4) is 11.5 Å². The van der Waals surface area contributed by atoms with E-state index in [2.05, 4.69) is 28.9 Å². The predicted molar refractivity (Wildman–Crippen MR) is 126 cm³/mol. The minimum atomic E-state index is -0.538. The molecule has 1 aliphatic carbocycles. The maximum Gasteiger partial charge on any atom is 0.312 e. The summed E-state index contributed by atoms with van der Waals surface area (Å²) < 4.78 is 17.8. The molecule has 4 nitrogen and oxygen atoms in total. The van der Waals surface area contributed by atoms with Gasteiger partial charge in [0.2, 0.25) is 0 Å². The molecule has 1 aliphatic rings. The van der Waals surface area contributed by atoms with Crippen molar-refractivity contribution in [3.63, 3.8) is 0 Å². The molecule has 0 aliphatic heterocycles. The molecule has 0 radical (unpaired) electrons. The standard InChI is InChI=1S/C26H31BrO4/c1-5-19-12-9-13-26(2,25(28)30-4)21(19)14-20-15-23(29-3)24(16-22(20)27)31-17-18-10-7-6-8-11-18/h5-8,10-11,15-16,21H,9,12-14,17H2,1-4H3/b19-5+. The summed E-state index contributed by atoms with van der Waals surface area (Å²) in [7, 11) is 3.13. The Kier molecular flexibility index (Phi) is 7.82. The van der Waals surface area contributed by atoms with Crippen LogP contribution in [0.15, 0.2) is 58.6 Å². The highest BCUT2D eigenvalue weighted by Gasteiger charge is 2.46. The smallest absolute Gasteiger partial charge is 0.312 e. The molecule has 0 N–H and O–H groups in total. The number of hydrogen-bond acceptors (Lipinski definition) is 4. The lowest BCUT2D eigenvalue weighted by Gasteiger charge is -2.41. The Morgan fingerprint density at radius 2 is 1.94 bits per heavy atom. The lowest BCUT2D eigenvalue weighted by molar-refractivity contribution is -0.155. The molecule has 166 valence electrons. The number of ether oxygens (including phenoxy) is 3. The van der Waals surface area contributed by atoms with E-state index in [9.17, 15) is 4.79 Å². The molecule has 31 heavy (non-hydrogen) atoms. The summed E-state index contributed by atoms with van der Waals surface area (Å²) in [5.74, 6) is 1.32. The highest BCUT2D eigenvalue weighted by Crippen LogP contribution is 2.48. The summed E-state index contributed by atoms with van der Waals surface area (Å²) in [6.45, 7) is 4.56. The van der Waals surface area contributed by atoms with Crippen LogP contribution in [0.1, 0.15) is 44.2 Å². The summed E-state index contributed by atoms with van der Waals surface area (Å²) >= 11 is 3.73. The van der Waals surface area contributed by atoms with E-state index in [0.29, 0.717) is 18.1 Å². The van der Waals surface area contributed by atoms with Crippen LogP contribution in [0, 0.1) is 11.3 Å². The van der Waals surface area contributed by atoms with E-state index in [-0.39, 0.29) is 11.9 Å². The van der Waals surface area contributed by atoms with Crippen LogP contribution in [0.4, 0.5) is 0 Å². The quantitative estimate of drug-likeness (QED) is 0.330. The largest absolute Gasteiger partial charge is 0.493 e. The second kappa shape index (κ2) is 10.4. The van der Waals surface area contributed by atoms with Gasteiger partial charge in [-0.15, -0.1) is 0 Å². The van der Waals surface area contributed by atoms with Gasteiger partial charge in [-0.2, -0.15) is 0 Å². The Bertz CT molecular complexity index is 938. The van der Waals surface area contributed by atoms with Crippen molar-refractivity contribution in [1.82, 2.24) is 0 Å². The van der Waals surface area contributed by atoms with Crippen LogP contribution in [0.2, 0.25) is 0 Å². The molecule has 3 rings (SSSR count). The van der Waals surface area contributed by atoms with E-state index in [1.54, 1.807) is 7.11 Å². The summed E-state index contributed by atoms with van der Waals surface area (Å²) in [6, 6.07) is 14.0. The molecule has 5 heteroatoms. The number of carbonyl (C=O) groups excluding carboxylic acids is 1. The third kappa shape index (κ3) is 5.15. The molecular weight excluding hydrogens is 456 g/mol. The molecule has 1 saturated carbocycles. The zero-order valence-electron chi connectivity index (χ0n) is 18.7. The van der Waals surface area contributed by atoms with E-state index < -0.39 is 5.41 Å². The molecule has 0 spiro atoms. The summed E-state index contributed by atoms with van der Waals surface area (Å²) in [6.07, 6.45) is 5.72. The summed E-state index contributed by atoms with van der Waals surface area (Å²) in [4.78, 5) is 12.7. The van der Waals surface area contributed by atoms with Gasteiger partial charge in [0.15, 0.2) is 11.5 Å². The van der Waals surface area contributed by atoms with Crippen LogP contribution in [-0.2, 0) is 22.6 Å². The monoisotopic (exact) mass is 486 g/mol. The molecule has 0 aromatic heterocycles. The fraction of sp³-hybridized carbons (Fsp3) is 0.423. The molecule has 2 aromatic carbocycles. The molecule has 0 amide bonds. The number of allylic oxidation sites excluding steroid dienone is 2. The highest BCUT2D eigenvalue weighted by atomic mass is 79.9. The number of carbonyl (C=O) groups is 1. The van der Waals surface area contributed by atoms with Gasteiger partial charge < -0.3 is 14.2 Å². The molecule has 0 heterocycles. The number of benzene rings is 2. The van der Waals surface area contributed by atoms with Crippen molar-refractivity contribution in [2.45, 2.75) is 46.1 Å². The minimum Gasteiger partial charge on any atom is -0.493 e. The second-order valence-electron chi connectivity index (χ2n) is 8.25. The van der Waals surface area contributed by atoms with Crippen LogP contribution in [-0.4, -0.2) is 20.2 Å². The zero-order valence-corrected chi connectivity index (χ0v) is 20.3. The van der Waals surface area contributed by atoms with E-state index in [0.717, 1.165) is 41.3 Å². The first-order valence-corrected chi connectivity index (χ1v) is 11.5. The topological polar surface area (TPSA) is 44.8 Å². The Balaban J connectivity index is 1.88. The van der Waals surface area contributed by atoms with Crippen molar-refractivity contribution in [3.05, 3.63) is 69.7 Å². The molecule has 2 atom stereocenters. The molecule has 0 saturated heterocycles. The Morgan fingerprint density at radius 1 is 1.19 bits per heavy atom. The SMILES string of the molecule is C/C=C1\CCCC(C)(C(=O)OC)C1Cc1cc(OC)c(OCc2ccccc2)cc1Br. The maximum atomic E-state index is 12.7. The average molecular weight is 487 g/mol. The van der Waals surface area contributed by atoms with Crippen LogP contribution in [0.3, 0.4) is 0 Å². The van der Waals surface area contributed by atoms with Crippen LogP contribution in [0.5, 0.6) is 11.5 Å². The van der Waals surface area contributed by atoms with Gasteiger partial charge in [-0.3, -0.25) is 4.79 Å². The van der Waals surface area contributed by atoms with E-state index >= 15 is 0 Å². The summed E-state index contributed by atoms with van der Waals surface area (Å²) in [5, 5.41) is 0. The molecule has 2 unspecified atom stereocenters. The van der Waals surface area contributed by atoms with Gasteiger partial charge in [0.05, 0.1) is 19.6 Å². The molecule has 1 fully saturated rings. The molecular formula is C26H31BrO4. The first-order chi connectivity index (χ1) is 14.9. The van der Waals surface area contributed by atoms with Gasteiger partial charge in [0.25, 0.3) is 0 Å². The predicted octanol–water partition coefficient (Wildman–Crippen LogP) is 6.50. The van der Waals surface area contributed by atoms with Gasteiger partial charge in [0.1, 0.15) is 6.61 Å². The Hall–Kier alpha value is -2.27. The lowest BCUT2D eigenvalue weighted by atomic mass is 9.63. The van der Waals surface area contributed by atoms with Crippen molar-refractivity contribution in [2.75, 3.05) is 14.2 Å². The normalized spacial score (nSPS) is 22.2. The Labute approximate surface area is 193 Å². The third-order valence-corrected chi connectivity index (χ3v) is 7.13. The first-order valence-electron chi connectivity index (χ1n) is 10.7. The van der Waals surface area contributed by atoms with Crippen molar-refractivity contribution in [2.24, 2.45) is 11.3 Å². The van der Waals surface area contributed by atoms with E-state index in [1.807, 2.05) is 49.4 Å². The van der Waals surface area contributed by atoms with Crippen molar-refractivity contribution in [1.29, 1.82) is 0 Å². The van der Waals surface area contributed by atoms with Gasteiger partial charge in [-0.25, -0.2) is 0 Å². The van der Waals surface area contributed by atoms with Crippen molar-refractivity contribution >= 4 is 21.9 Å². The second-order valence-corrected chi connectivity index (χ2v) is 9.11. The van der Waals surface area contributed by atoms with Crippen LogP contribution in [0.25, 0.3) is 0 Å². The number of hydrogen-bond donors (Lipinski definition) is 0. The zero-order chi connectivity index (χ0) is 22.4. The third-order valence-electron chi connectivity index (χ3n) is 6.39. The molecule has 0 bridgehead atoms. The Morgan fingerprint density at radius 3 is 2.58 bits per heavy atom. The molecule has 2 aromatic rings. The maximum absolute atomic E-state index is 12.7. The van der Waals surface area contributed by atoms with Gasteiger partial charge in [-0.05, 0) is 68.7 Å². The minimum absolute atomic E-state index is 0.0794. The van der Waals surface area contributed by atoms with Crippen LogP contribution < -0.4 is 9.47 Å². The fourth-order valence-corrected chi connectivity index (χ4v) is 5.04. The number of esters is 1. The van der Waals surface area contributed by atoms with Crippen molar-refractivity contribution < 1.29 is 19.0 Å². The van der Waals surface area contributed by atoms with Crippen LogP contribution >= 0.6 is 15.9 Å². The number of halogens is 1.